The molecule has 1 aliphatic heterocycles. The number of nitrogens with zero attached hydrogens (tertiary/aromatic N) is 1. The van der Waals surface area contributed by atoms with Gasteiger partial charge in [-0.1, -0.05) is 6.08 Å². The van der Waals surface area contributed by atoms with Crippen LogP contribution in [0.1, 0.15) is 12.5 Å². The van der Waals surface area contributed by atoms with Crippen LogP contribution in [0.4, 0.5) is 18.9 Å². The molecule has 0 bridgehead atoms. The van der Waals surface area contributed by atoms with Gasteiger partial charge in [-0.3, -0.25) is 0 Å². The quantitative estimate of drug-likeness (QED) is 0.849. The summed E-state index contributed by atoms with van der Waals surface area (Å²) in [5.74, 6) is 0. The van der Waals surface area contributed by atoms with Crippen LogP contribution in [-0.2, 0) is 6.18 Å². The van der Waals surface area contributed by atoms with Crippen molar-refractivity contribution in [3.05, 3.63) is 41.8 Å². The van der Waals surface area contributed by atoms with E-state index in [0.717, 1.165) is 24.9 Å². The van der Waals surface area contributed by atoms with Crippen molar-refractivity contribution in [2.75, 3.05) is 24.5 Å². The van der Waals surface area contributed by atoms with E-state index in [2.05, 4.69) is 5.32 Å². The van der Waals surface area contributed by atoms with E-state index in [4.69, 9.17) is 4.42 Å². The third-order valence-electron chi connectivity index (χ3n) is 3.69. The molecule has 2 aromatic rings. The third kappa shape index (κ3) is 2.88. The monoisotopic (exact) mass is 332 g/mol. The lowest BCUT2D eigenvalue weighted by Crippen LogP contribution is -2.42. The van der Waals surface area contributed by atoms with Crippen molar-refractivity contribution < 1.29 is 17.6 Å². The standard InChI is InChI=1S/C15H15F3N2O.ClH/c1-2-10-9-20(7-6-19-10)13-4-3-12(15(16,17)18)11-5-8-21-14(11)13;/h2-5,8,19H,6-7,9H2,1H3;1H. The SMILES string of the molecule is CC=C1CN(c2ccc(C(F)(F)F)c3ccoc23)CCN1.Cl. The summed E-state index contributed by atoms with van der Waals surface area (Å²) < 4.78 is 44.4. The molecule has 1 N–H and O–H groups in total. The number of piperazine rings is 1. The van der Waals surface area contributed by atoms with E-state index in [1.807, 2.05) is 17.9 Å². The van der Waals surface area contributed by atoms with Gasteiger partial charge in [-0.05, 0) is 25.1 Å². The normalized spacial score (nSPS) is 17.5. The smallest absolute Gasteiger partial charge is 0.417 e. The maximum atomic E-state index is 13.0. The molecule has 1 aliphatic rings. The Kier molecular flexibility index (Phi) is 4.60. The highest BCUT2D eigenvalue weighted by Gasteiger charge is 2.34. The number of hydrogen-bond acceptors (Lipinski definition) is 3. The van der Waals surface area contributed by atoms with Crippen LogP contribution in [-0.4, -0.2) is 19.6 Å². The van der Waals surface area contributed by atoms with E-state index in [1.165, 1.54) is 18.4 Å². The van der Waals surface area contributed by atoms with Crippen LogP contribution in [0, 0.1) is 0 Å². The second-order valence-corrected chi connectivity index (χ2v) is 4.96. The molecule has 0 unspecified atom stereocenters. The number of benzene rings is 1. The second kappa shape index (κ2) is 6.12. The summed E-state index contributed by atoms with van der Waals surface area (Å²) in [4.78, 5) is 2.03. The van der Waals surface area contributed by atoms with Crippen molar-refractivity contribution in [1.82, 2.24) is 5.32 Å². The van der Waals surface area contributed by atoms with Crippen LogP contribution in [0.5, 0.6) is 0 Å². The van der Waals surface area contributed by atoms with Gasteiger partial charge in [0.25, 0.3) is 0 Å². The highest BCUT2D eigenvalue weighted by molar-refractivity contribution is 5.92. The van der Waals surface area contributed by atoms with E-state index in [-0.39, 0.29) is 17.8 Å². The molecular formula is C15H16ClF3N2O. The zero-order valence-electron chi connectivity index (χ0n) is 11.9. The highest BCUT2D eigenvalue weighted by Crippen LogP contribution is 2.39. The van der Waals surface area contributed by atoms with E-state index in [0.29, 0.717) is 17.8 Å². The van der Waals surface area contributed by atoms with Gasteiger partial charge >= 0.3 is 6.18 Å². The molecule has 0 radical (unpaired) electrons. The van der Waals surface area contributed by atoms with E-state index < -0.39 is 11.7 Å². The topological polar surface area (TPSA) is 28.4 Å². The summed E-state index contributed by atoms with van der Waals surface area (Å²) in [6.07, 6.45) is -1.10. The molecule has 3 nitrogen and oxygen atoms in total. The number of anilines is 1. The lowest BCUT2D eigenvalue weighted by molar-refractivity contribution is -0.136. The van der Waals surface area contributed by atoms with Gasteiger partial charge in [-0.2, -0.15) is 13.2 Å². The Morgan fingerprint density at radius 3 is 2.73 bits per heavy atom. The molecule has 22 heavy (non-hydrogen) atoms. The number of nitrogens with one attached hydrogen (secondary N) is 1. The maximum absolute atomic E-state index is 13.0. The summed E-state index contributed by atoms with van der Waals surface area (Å²) in [6.45, 7) is 4.04. The van der Waals surface area contributed by atoms with Gasteiger partial charge in [0.15, 0.2) is 5.58 Å². The van der Waals surface area contributed by atoms with Crippen LogP contribution in [0.15, 0.2) is 40.7 Å². The molecule has 0 atom stereocenters. The Labute approximate surface area is 132 Å². The first kappa shape index (κ1) is 16.5. The van der Waals surface area contributed by atoms with E-state index in [1.54, 1.807) is 0 Å². The summed E-state index contributed by atoms with van der Waals surface area (Å²) >= 11 is 0. The number of rotatable bonds is 1. The maximum Gasteiger partial charge on any atom is 0.417 e. The minimum Gasteiger partial charge on any atom is -0.462 e. The highest BCUT2D eigenvalue weighted by atomic mass is 35.5. The predicted molar refractivity (Wildman–Crippen MR) is 82.4 cm³/mol. The lowest BCUT2D eigenvalue weighted by Gasteiger charge is -2.31. The number of furan rings is 1. The average molecular weight is 333 g/mol. The molecule has 0 saturated carbocycles. The second-order valence-electron chi connectivity index (χ2n) is 4.96. The van der Waals surface area contributed by atoms with Crippen molar-refractivity contribution >= 4 is 29.1 Å². The molecule has 0 amide bonds. The van der Waals surface area contributed by atoms with Gasteiger partial charge in [-0.25, -0.2) is 0 Å². The van der Waals surface area contributed by atoms with E-state index in [9.17, 15) is 13.2 Å². The molecule has 1 fully saturated rings. The van der Waals surface area contributed by atoms with Crippen LogP contribution in [0.2, 0.25) is 0 Å². The van der Waals surface area contributed by atoms with Crippen LogP contribution < -0.4 is 10.2 Å². The molecule has 0 spiro atoms. The first-order valence-electron chi connectivity index (χ1n) is 6.72. The summed E-state index contributed by atoms with van der Waals surface area (Å²) in [6, 6.07) is 4.00. The van der Waals surface area contributed by atoms with Gasteiger partial charge in [0.2, 0.25) is 0 Å². The summed E-state index contributed by atoms with van der Waals surface area (Å²) in [7, 11) is 0. The lowest BCUT2D eigenvalue weighted by atomic mass is 10.1. The van der Waals surface area contributed by atoms with Crippen LogP contribution >= 0.6 is 12.4 Å². The molecule has 120 valence electrons. The average Bonchev–Trinajstić information content (AvgIpc) is 2.94. The van der Waals surface area contributed by atoms with Crippen molar-refractivity contribution in [3.8, 4) is 0 Å². The largest absolute Gasteiger partial charge is 0.462 e. The van der Waals surface area contributed by atoms with Gasteiger partial charge in [0.1, 0.15) is 0 Å². The molecule has 1 aromatic heterocycles. The molecule has 0 aliphatic carbocycles. The molecule has 1 saturated heterocycles. The Morgan fingerprint density at radius 2 is 2.05 bits per heavy atom. The number of hydrogen-bond donors (Lipinski definition) is 1. The number of alkyl halides is 3. The zero-order valence-corrected chi connectivity index (χ0v) is 12.7. The number of allylic oxidation sites excluding steroid dienone is 1. The Morgan fingerprint density at radius 1 is 1.27 bits per heavy atom. The first-order chi connectivity index (χ1) is 10.0. The minimum atomic E-state index is -4.38. The van der Waals surface area contributed by atoms with Gasteiger partial charge < -0.3 is 14.6 Å². The van der Waals surface area contributed by atoms with Crippen molar-refractivity contribution in [1.29, 1.82) is 0 Å². The Hall–Kier alpha value is -1.82. The van der Waals surface area contributed by atoms with Gasteiger partial charge in [0, 0.05) is 24.2 Å². The molecule has 2 heterocycles. The third-order valence-corrected chi connectivity index (χ3v) is 3.69. The van der Waals surface area contributed by atoms with Crippen LogP contribution in [0.25, 0.3) is 11.0 Å². The number of fused-ring (bicyclic) bond motifs is 1. The Bertz CT molecular complexity index is 694. The first-order valence-corrected chi connectivity index (χ1v) is 6.72. The van der Waals surface area contributed by atoms with Crippen molar-refractivity contribution in [3.63, 3.8) is 0 Å². The summed E-state index contributed by atoms with van der Waals surface area (Å²) in [5, 5.41) is 3.37. The molecule has 1 aromatic carbocycles. The zero-order chi connectivity index (χ0) is 15.0. The predicted octanol–water partition coefficient (Wildman–Crippen LogP) is 4.19. The Balaban J connectivity index is 0.00000176. The van der Waals surface area contributed by atoms with Gasteiger partial charge in [0.05, 0.1) is 24.1 Å². The molecule has 7 heteroatoms. The van der Waals surface area contributed by atoms with Crippen LogP contribution in [0.3, 0.4) is 0 Å². The fourth-order valence-electron chi connectivity index (χ4n) is 2.63. The summed E-state index contributed by atoms with van der Waals surface area (Å²) in [5.41, 5.74) is 1.39. The number of halogens is 4. The molecular weight excluding hydrogens is 317 g/mol. The fourth-order valence-corrected chi connectivity index (χ4v) is 2.63. The van der Waals surface area contributed by atoms with Gasteiger partial charge in [-0.15, -0.1) is 12.4 Å². The fraction of sp³-hybridized carbons (Fsp3) is 0.333. The molecule has 3 rings (SSSR count). The van der Waals surface area contributed by atoms with E-state index >= 15 is 0 Å². The minimum absolute atomic E-state index is 0. The van der Waals surface area contributed by atoms with Crippen molar-refractivity contribution in [2.24, 2.45) is 0 Å². The van der Waals surface area contributed by atoms with Crippen molar-refractivity contribution in [2.45, 2.75) is 13.1 Å².